The second-order valence-corrected chi connectivity index (χ2v) is 9.58. The highest BCUT2D eigenvalue weighted by Crippen LogP contribution is 2.18. The molecular weight excluding hydrogens is 478 g/mol. The summed E-state index contributed by atoms with van der Waals surface area (Å²) < 4.78 is 47.6. The molecule has 0 saturated carbocycles. The van der Waals surface area contributed by atoms with Crippen LogP contribution in [0.1, 0.15) is 21.9 Å². The van der Waals surface area contributed by atoms with E-state index in [2.05, 4.69) is 20.3 Å². The van der Waals surface area contributed by atoms with E-state index in [0.29, 0.717) is 23.8 Å². The van der Waals surface area contributed by atoms with Gasteiger partial charge in [0, 0.05) is 0 Å². The van der Waals surface area contributed by atoms with Gasteiger partial charge in [-0.05, 0) is 32.0 Å². The van der Waals surface area contributed by atoms with E-state index in [0.717, 1.165) is 5.56 Å². The fraction of sp³-hybridized carbons (Fsp3) is 0.409. The van der Waals surface area contributed by atoms with Crippen LogP contribution in [0.5, 0.6) is 0 Å². The van der Waals surface area contributed by atoms with Crippen molar-refractivity contribution in [2.24, 2.45) is 0 Å². The van der Waals surface area contributed by atoms with Crippen LogP contribution in [0.4, 0.5) is 0 Å². The topological polar surface area (TPSA) is 145 Å². The van der Waals surface area contributed by atoms with Gasteiger partial charge in [0.15, 0.2) is 5.69 Å². The summed E-state index contributed by atoms with van der Waals surface area (Å²) in [5, 5.41) is 8.20. The number of esters is 1. The lowest BCUT2D eigenvalue weighted by Crippen LogP contribution is -2.40. The highest BCUT2D eigenvalue weighted by molar-refractivity contribution is 7.86. The highest BCUT2D eigenvalue weighted by Gasteiger charge is 2.26. The highest BCUT2D eigenvalue weighted by atomic mass is 32.2. The lowest BCUT2D eigenvalue weighted by molar-refractivity contribution is -0.146. The van der Waals surface area contributed by atoms with Crippen molar-refractivity contribution in [1.29, 1.82) is 0 Å². The Morgan fingerprint density at radius 1 is 1.09 bits per heavy atom. The Balaban J connectivity index is 1.30. The van der Waals surface area contributed by atoms with Gasteiger partial charge in [-0.3, -0.25) is 4.18 Å². The van der Waals surface area contributed by atoms with Gasteiger partial charge in [0.1, 0.15) is 23.7 Å². The minimum Gasteiger partial charge on any atom is -0.464 e. The second-order valence-electron chi connectivity index (χ2n) is 7.97. The summed E-state index contributed by atoms with van der Waals surface area (Å²) in [5.74, 6) is -0.166. The molecule has 1 saturated heterocycles. The molecule has 1 fully saturated rings. The van der Waals surface area contributed by atoms with Crippen LogP contribution in [0.15, 0.2) is 41.4 Å². The lowest BCUT2D eigenvalue weighted by atomic mass is 10.2. The van der Waals surface area contributed by atoms with Crippen LogP contribution in [-0.2, 0) is 35.1 Å². The van der Waals surface area contributed by atoms with E-state index in [1.165, 1.54) is 25.3 Å². The number of rotatable bonds is 8. The Hall–Kier alpha value is -3.26. The van der Waals surface area contributed by atoms with Gasteiger partial charge in [0.2, 0.25) is 0 Å². The van der Waals surface area contributed by atoms with E-state index in [1.54, 1.807) is 29.9 Å². The smallest absolute Gasteiger partial charge is 0.356 e. The largest absolute Gasteiger partial charge is 0.464 e. The summed E-state index contributed by atoms with van der Waals surface area (Å²) in [6.07, 6.45) is 0.848. The number of carbonyl (C=O) groups excluding carboxylic acids is 1. The maximum atomic E-state index is 12.3. The van der Waals surface area contributed by atoms with Crippen molar-refractivity contribution in [2.75, 3.05) is 26.9 Å². The van der Waals surface area contributed by atoms with E-state index < -0.39 is 22.2 Å². The van der Waals surface area contributed by atoms with Crippen molar-refractivity contribution < 1.29 is 31.6 Å². The van der Waals surface area contributed by atoms with Gasteiger partial charge in [-0.2, -0.15) is 8.42 Å². The maximum Gasteiger partial charge on any atom is 0.356 e. The van der Waals surface area contributed by atoms with Crippen LogP contribution in [0.3, 0.4) is 0 Å². The average molecular weight is 504 g/mol. The van der Waals surface area contributed by atoms with Crippen molar-refractivity contribution >= 4 is 16.1 Å². The molecule has 1 aliphatic heterocycles. The van der Waals surface area contributed by atoms with Gasteiger partial charge in [-0.25, -0.2) is 19.4 Å². The molecule has 3 aromatic rings. The number of aryl methyl sites for hydroxylation is 2. The van der Waals surface area contributed by atoms with Crippen molar-refractivity contribution in [2.45, 2.75) is 37.5 Å². The third kappa shape index (κ3) is 6.25. The number of carbonyl (C=O) groups is 1. The third-order valence-corrected chi connectivity index (χ3v) is 6.47. The molecule has 0 N–H and O–H groups in total. The first-order valence-electron chi connectivity index (χ1n) is 10.8. The molecule has 2 unspecified atom stereocenters. The quantitative estimate of drug-likeness (QED) is 0.324. The first kappa shape index (κ1) is 24.9. The molecule has 0 bridgehead atoms. The summed E-state index contributed by atoms with van der Waals surface area (Å²) in [7, 11) is -2.59. The molecule has 0 spiro atoms. The first-order valence-corrected chi connectivity index (χ1v) is 12.2. The zero-order valence-electron chi connectivity index (χ0n) is 19.4. The fourth-order valence-electron chi connectivity index (χ4n) is 3.34. The molecule has 1 aliphatic rings. The summed E-state index contributed by atoms with van der Waals surface area (Å²) in [5.41, 5.74) is 1.99. The SMILES string of the molecule is COC(=O)c1cc(-c2cn(CC3COC(COS(=O)(=O)c4ccc(C)cc4)CO3)nn2)nc(C)n1. The predicted octanol–water partition coefficient (Wildman–Crippen LogP) is 1.33. The molecule has 0 aliphatic carbocycles. The van der Waals surface area contributed by atoms with Gasteiger partial charge < -0.3 is 14.2 Å². The summed E-state index contributed by atoms with van der Waals surface area (Å²) in [4.78, 5) is 20.3. The minimum atomic E-state index is -3.87. The summed E-state index contributed by atoms with van der Waals surface area (Å²) in [6.45, 7) is 4.15. The molecule has 13 heteroatoms. The number of aromatic nitrogens is 5. The van der Waals surface area contributed by atoms with E-state index in [-0.39, 0.29) is 36.5 Å². The molecular formula is C22H25N5O7S. The van der Waals surface area contributed by atoms with E-state index in [9.17, 15) is 13.2 Å². The lowest BCUT2D eigenvalue weighted by Gasteiger charge is -2.29. The van der Waals surface area contributed by atoms with Crippen LogP contribution < -0.4 is 0 Å². The summed E-state index contributed by atoms with van der Waals surface area (Å²) in [6, 6.07) is 7.92. The molecule has 4 rings (SSSR count). The number of hydrogen-bond donors (Lipinski definition) is 0. The molecule has 35 heavy (non-hydrogen) atoms. The predicted molar refractivity (Wildman–Crippen MR) is 121 cm³/mol. The van der Waals surface area contributed by atoms with Crippen LogP contribution in [-0.4, -0.2) is 78.5 Å². The van der Waals surface area contributed by atoms with E-state index >= 15 is 0 Å². The van der Waals surface area contributed by atoms with Crippen LogP contribution in [0, 0.1) is 13.8 Å². The van der Waals surface area contributed by atoms with Gasteiger partial charge in [0.25, 0.3) is 10.1 Å². The maximum absolute atomic E-state index is 12.3. The second kappa shape index (κ2) is 10.6. The van der Waals surface area contributed by atoms with Gasteiger partial charge in [-0.1, -0.05) is 22.9 Å². The van der Waals surface area contributed by atoms with Crippen molar-refractivity contribution in [3.05, 3.63) is 53.6 Å². The monoisotopic (exact) mass is 503 g/mol. The zero-order valence-corrected chi connectivity index (χ0v) is 20.3. The number of methoxy groups -OCH3 is 1. The van der Waals surface area contributed by atoms with Gasteiger partial charge in [-0.15, -0.1) is 5.10 Å². The first-order chi connectivity index (χ1) is 16.7. The third-order valence-electron chi connectivity index (χ3n) is 5.18. The molecule has 0 radical (unpaired) electrons. The Bertz CT molecular complexity index is 1290. The average Bonchev–Trinajstić information content (AvgIpc) is 3.31. The van der Waals surface area contributed by atoms with Crippen LogP contribution in [0.25, 0.3) is 11.4 Å². The van der Waals surface area contributed by atoms with Crippen molar-refractivity contribution in [3.8, 4) is 11.4 Å². The Morgan fingerprint density at radius 2 is 1.80 bits per heavy atom. The number of ether oxygens (including phenoxy) is 3. The zero-order chi connectivity index (χ0) is 25.0. The molecule has 0 amide bonds. The number of benzene rings is 1. The number of nitrogens with zero attached hydrogens (tertiary/aromatic N) is 5. The normalized spacial score (nSPS) is 18.4. The molecule has 3 heterocycles. The fourth-order valence-corrected chi connectivity index (χ4v) is 4.28. The number of hydrogen-bond acceptors (Lipinski definition) is 11. The molecule has 2 atom stereocenters. The molecule has 1 aromatic carbocycles. The molecule has 2 aromatic heterocycles. The van der Waals surface area contributed by atoms with E-state index in [4.69, 9.17) is 18.4 Å². The van der Waals surface area contributed by atoms with Crippen LogP contribution >= 0.6 is 0 Å². The van der Waals surface area contributed by atoms with Gasteiger partial charge >= 0.3 is 5.97 Å². The Labute approximate surface area is 202 Å². The van der Waals surface area contributed by atoms with Crippen molar-refractivity contribution in [1.82, 2.24) is 25.0 Å². The standard InChI is InChI=1S/C22H25N5O7S/c1-14-4-6-18(7-5-14)35(29,30)34-13-17-12-32-16(11-33-17)9-27-10-21(25-26-27)19-8-20(22(28)31-3)24-15(2)23-19/h4-8,10,16-17H,9,11-13H2,1-3H3. The molecule has 12 nitrogen and oxygen atoms in total. The minimum absolute atomic E-state index is 0.0947. The van der Waals surface area contributed by atoms with E-state index in [1.807, 2.05) is 6.92 Å². The van der Waals surface area contributed by atoms with Crippen LogP contribution in [0.2, 0.25) is 0 Å². The molecule has 186 valence electrons. The Morgan fingerprint density at radius 3 is 2.49 bits per heavy atom. The van der Waals surface area contributed by atoms with Crippen molar-refractivity contribution in [3.63, 3.8) is 0 Å². The summed E-state index contributed by atoms with van der Waals surface area (Å²) >= 11 is 0. The Kier molecular flexibility index (Phi) is 7.50. The van der Waals surface area contributed by atoms with Gasteiger partial charge in [0.05, 0.1) is 50.3 Å².